The van der Waals surface area contributed by atoms with Crippen LogP contribution in [0.4, 0.5) is 0 Å². The molecule has 0 spiro atoms. The Morgan fingerprint density at radius 2 is 1.76 bits per heavy atom. The SMILES string of the molecule is Clc1ccc(CC(Br)CC2CCCCC2)cc1. The fourth-order valence-electron chi connectivity index (χ4n) is 2.74. The first kappa shape index (κ1) is 13.4. The summed E-state index contributed by atoms with van der Waals surface area (Å²) in [4.78, 5) is 0.617. The summed E-state index contributed by atoms with van der Waals surface area (Å²) in [6.45, 7) is 0. The molecule has 0 N–H and O–H groups in total. The van der Waals surface area contributed by atoms with E-state index in [4.69, 9.17) is 11.6 Å². The Kier molecular flexibility index (Phi) is 5.37. The van der Waals surface area contributed by atoms with E-state index in [0.29, 0.717) is 4.83 Å². The minimum atomic E-state index is 0.617. The first-order valence-corrected chi connectivity index (χ1v) is 7.92. The Hall–Kier alpha value is -0.0100. The molecule has 0 nitrogen and oxygen atoms in total. The maximum atomic E-state index is 5.89. The highest BCUT2D eigenvalue weighted by Crippen LogP contribution is 2.30. The molecular weight excluding hydrogens is 296 g/mol. The fraction of sp³-hybridized carbons (Fsp3) is 0.600. The Bertz CT molecular complexity index is 327. The van der Waals surface area contributed by atoms with Gasteiger partial charge in [-0.2, -0.15) is 0 Å². The van der Waals surface area contributed by atoms with Crippen molar-refractivity contribution >= 4 is 27.5 Å². The van der Waals surface area contributed by atoms with E-state index in [1.165, 1.54) is 44.1 Å². The summed E-state index contributed by atoms with van der Waals surface area (Å²) in [5, 5.41) is 0.826. The largest absolute Gasteiger partial charge is 0.0887 e. The van der Waals surface area contributed by atoms with Gasteiger partial charge in [-0.05, 0) is 36.5 Å². The van der Waals surface area contributed by atoms with Crippen molar-refractivity contribution in [2.45, 2.75) is 49.8 Å². The van der Waals surface area contributed by atoms with E-state index in [1.54, 1.807) is 0 Å². The zero-order valence-electron chi connectivity index (χ0n) is 10.2. The molecule has 0 saturated heterocycles. The Balaban J connectivity index is 1.79. The predicted octanol–water partition coefficient (Wildman–Crippen LogP) is 5.62. The summed E-state index contributed by atoms with van der Waals surface area (Å²) in [6, 6.07) is 8.24. The van der Waals surface area contributed by atoms with Crippen molar-refractivity contribution in [2.24, 2.45) is 5.92 Å². The van der Waals surface area contributed by atoms with Crippen LogP contribution in [0.3, 0.4) is 0 Å². The highest BCUT2D eigenvalue weighted by Gasteiger charge is 2.17. The number of hydrogen-bond donors (Lipinski definition) is 0. The Morgan fingerprint density at radius 1 is 1.12 bits per heavy atom. The second-order valence-corrected chi connectivity index (χ2v) is 6.90. The minimum absolute atomic E-state index is 0.617. The molecule has 1 aromatic rings. The van der Waals surface area contributed by atoms with Crippen LogP contribution in [0.1, 0.15) is 44.1 Å². The van der Waals surface area contributed by atoms with Crippen molar-refractivity contribution in [3.63, 3.8) is 0 Å². The van der Waals surface area contributed by atoms with E-state index in [0.717, 1.165) is 17.4 Å². The van der Waals surface area contributed by atoms with Gasteiger partial charge in [0.05, 0.1) is 0 Å². The third-order valence-corrected chi connectivity index (χ3v) is 4.63. The third-order valence-electron chi connectivity index (χ3n) is 3.68. The van der Waals surface area contributed by atoms with Gasteiger partial charge in [0, 0.05) is 9.85 Å². The first-order chi connectivity index (χ1) is 8.24. The molecule has 1 aliphatic rings. The van der Waals surface area contributed by atoms with Gasteiger partial charge in [-0.1, -0.05) is 71.8 Å². The van der Waals surface area contributed by atoms with Gasteiger partial charge in [0.2, 0.25) is 0 Å². The Labute approximate surface area is 118 Å². The average Bonchev–Trinajstić information content (AvgIpc) is 2.33. The van der Waals surface area contributed by atoms with Gasteiger partial charge in [-0.15, -0.1) is 0 Å². The molecule has 0 aliphatic heterocycles. The van der Waals surface area contributed by atoms with E-state index in [9.17, 15) is 0 Å². The lowest BCUT2D eigenvalue weighted by atomic mass is 9.85. The zero-order chi connectivity index (χ0) is 12.1. The molecule has 94 valence electrons. The highest BCUT2D eigenvalue weighted by molar-refractivity contribution is 9.09. The summed E-state index contributed by atoms with van der Waals surface area (Å²) >= 11 is 9.73. The van der Waals surface area contributed by atoms with Crippen molar-refractivity contribution < 1.29 is 0 Å². The quantitative estimate of drug-likeness (QED) is 0.633. The van der Waals surface area contributed by atoms with E-state index < -0.39 is 0 Å². The molecule has 1 unspecified atom stereocenters. The lowest BCUT2D eigenvalue weighted by Gasteiger charge is -2.23. The standard InChI is InChI=1S/C15H20BrCl/c16-14(10-12-4-2-1-3-5-12)11-13-6-8-15(17)9-7-13/h6-9,12,14H,1-5,10-11H2. The van der Waals surface area contributed by atoms with Gasteiger partial charge in [-0.3, -0.25) is 0 Å². The number of halogens is 2. The van der Waals surface area contributed by atoms with Crippen LogP contribution in [0.15, 0.2) is 24.3 Å². The summed E-state index contributed by atoms with van der Waals surface area (Å²) in [6.07, 6.45) is 9.62. The third kappa shape index (κ3) is 4.63. The van der Waals surface area contributed by atoms with E-state index in [-0.39, 0.29) is 0 Å². The molecule has 1 aliphatic carbocycles. The van der Waals surface area contributed by atoms with Gasteiger partial charge in [0.15, 0.2) is 0 Å². The maximum Gasteiger partial charge on any atom is 0.0406 e. The molecule has 17 heavy (non-hydrogen) atoms. The Morgan fingerprint density at radius 3 is 2.41 bits per heavy atom. The van der Waals surface area contributed by atoms with Gasteiger partial charge in [-0.25, -0.2) is 0 Å². The van der Waals surface area contributed by atoms with Crippen LogP contribution in [0.5, 0.6) is 0 Å². The van der Waals surface area contributed by atoms with Gasteiger partial charge in [0.1, 0.15) is 0 Å². The monoisotopic (exact) mass is 314 g/mol. The van der Waals surface area contributed by atoms with Crippen LogP contribution in [-0.2, 0) is 6.42 Å². The molecule has 1 atom stereocenters. The van der Waals surface area contributed by atoms with Gasteiger partial charge in [0.25, 0.3) is 0 Å². The normalized spacial score (nSPS) is 19.2. The number of hydrogen-bond acceptors (Lipinski definition) is 0. The van der Waals surface area contributed by atoms with Crippen LogP contribution >= 0.6 is 27.5 Å². The van der Waals surface area contributed by atoms with Crippen LogP contribution in [-0.4, -0.2) is 4.83 Å². The van der Waals surface area contributed by atoms with Gasteiger partial charge >= 0.3 is 0 Å². The molecule has 0 radical (unpaired) electrons. The second-order valence-electron chi connectivity index (χ2n) is 5.17. The molecule has 1 fully saturated rings. The molecule has 0 bridgehead atoms. The number of rotatable bonds is 4. The van der Waals surface area contributed by atoms with Crippen molar-refractivity contribution in [3.05, 3.63) is 34.9 Å². The molecule has 0 heterocycles. The molecule has 1 aromatic carbocycles. The summed E-state index contributed by atoms with van der Waals surface area (Å²) in [5.41, 5.74) is 1.38. The smallest absolute Gasteiger partial charge is 0.0406 e. The lowest BCUT2D eigenvalue weighted by Crippen LogP contribution is -2.13. The lowest BCUT2D eigenvalue weighted by molar-refractivity contribution is 0.337. The molecule has 1 saturated carbocycles. The van der Waals surface area contributed by atoms with Crippen molar-refractivity contribution in [1.29, 1.82) is 0 Å². The molecule has 2 rings (SSSR count). The topological polar surface area (TPSA) is 0 Å². The van der Waals surface area contributed by atoms with E-state index >= 15 is 0 Å². The second kappa shape index (κ2) is 6.80. The van der Waals surface area contributed by atoms with Crippen molar-refractivity contribution in [3.8, 4) is 0 Å². The summed E-state index contributed by atoms with van der Waals surface area (Å²) in [5.74, 6) is 0.945. The van der Waals surface area contributed by atoms with E-state index in [1.807, 2.05) is 12.1 Å². The summed E-state index contributed by atoms with van der Waals surface area (Å²) < 4.78 is 0. The molecule has 0 amide bonds. The maximum absolute atomic E-state index is 5.89. The minimum Gasteiger partial charge on any atom is -0.0887 e. The van der Waals surface area contributed by atoms with E-state index in [2.05, 4.69) is 28.1 Å². The average molecular weight is 316 g/mol. The molecular formula is C15H20BrCl. The fourth-order valence-corrected chi connectivity index (χ4v) is 3.77. The molecule has 0 aromatic heterocycles. The first-order valence-electron chi connectivity index (χ1n) is 6.62. The van der Waals surface area contributed by atoms with Gasteiger partial charge < -0.3 is 0 Å². The van der Waals surface area contributed by atoms with Crippen LogP contribution in [0, 0.1) is 5.92 Å². The zero-order valence-corrected chi connectivity index (χ0v) is 12.5. The number of benzene rings is 1. The van der Waals surface area contributed by atoms with Crippen LogP contribution < -0.4 is 0 Å². The molecule has 2 heteroatoms. The predicted molar refractivity (Wildman–Crippen MR) is 79.1 cm³/mol. The van der Waals surface area contributed by atoms with Crippen molar-refractivity contribution in [1.82, 2.24) is 0 Å². The number of alkyl halides is 1. The summed E-state index contributed by atoms with van der Waals surface area (Å²) in [7, 11) is 0. The van der Waals surface area contributed by atoms with Crippen LogP contribution in [0.25, 0.3) is 0 Å². The highest BCUT2D eigenvalue weighted by atomic mass is 79.9. The van der Waals surface area contributed by atoms with Crippen molar-refractivity contribution in [2.75, 3.05) is 0 Å². The van der Waals surface area contributed by atoms with Crippen LogP contribution in [0.2, 0.25) is 5.02 Å².